The summed E-state index contributed by atoms with van der Waals surface area (Å²) in [5, 5.41) is 0. The molecule has 0 amide bonds. The third-order valence-corrected chi connectivity index (χ3v) is 4.60. The van der Waals surface area contributed by atoms with Gasteiger partial charge < -0.3 is 0 Å². The van der Waals surface area contributed by atoms with E-state index in [0.29, 0.717) is 0 Å². The van der Waals surface area contributed by atoms with Crippen LogP contribution in [0.25, 0.3) is 0 Å². The Bertz CT molecular complexity index is 715. The number of hydrogen-bond acceptors (Lipinski definition) is 2. The first kappa shape index (κ1) is 14.0. The summed E-state index contributed by atoms with van der Waals surface area (Å²) >= 11 is 0. The molecular formula is C19H22N2. The zero-order chi connectivity index (χ0) is 15.0. The third-order valence-electron chi connectivity index (χ3n) is 4.60. The van der Waals surface area contributed by atoms with Gasteiger partial charge in [0, 0.05) is 23.0 Å². The minimum atomic E-state index is -0.0114. The van der Waals surface area contributed by atoms with E-state index in [2.05, 4.69) is 56.1 Å². The fourth-order valence-corrected chi connectivity index (χ4v) is 2.88. The van der Waals surface area contributed by atoms with Gasteiger partial charge in [0.15, 0.2) is 0 Å². The van der Waals surface area contributed by atoms with Crippen LogP contribution in [0.2, 0.25) is 0 Å². The lowest BCUT2D eigenvalue weighted by molar-refractivity contribution is 0.448. The van der Waals surface area contributed by atoms with Gasteiger partial charge in [-0.15, -0.1) is 0 Å². The standard InChI is InChI=1S/C19H22N2/c1-5-19(4)11-15-8-6-7-9-17(15)18(21-19)16-10-13(2)14(3)20-12-16/h6-10,12H,5,11H2,1-4H3. The second-order valence-electron chi connectivity index (χ2n) is 6.27. The number of aryl methyl sites for hydroxylation is 2. The van der Waals surface area contributed by atoms with Crippen LogP contribution < -0.4 is 0 Å². The molecule has 1 unspecified atom stereocenters. The van der Waals surface area contributed by atoms with Crippen molar-refractivity contribution in [3.63, 3.8) is 0 Å². The highest BCUT2D eigenvalue weighted by molar-refractivity contribution is 6.14. The highest BCUT2D eigenvalue weighted by Gasteiger charge is 2.29. The monoisotopic (exact) mass is 278 g/mol. The van der Waals surface area contributed by atoms with Crippen LogP contribution in [-0.4, -0.2) is 16.2 Å². The Morgan fingerprint density at radius 2 is 1.95 bits per heavy atom. The van der Waals surface area contributed by atoms with E-state index in [4.69, 9.17) is 4.99 Å². The molecule has 108 valence electrons. The molecule has 0 aliphatic carbocycles. The van der Waals surface area contributed by atoms with Crippen LogP contribution in [0.1, 0.15) is 48.2 Å². The van der Waals surface area contributed by atoms with Gasteiger partial charge in [-0.05, 0) is 50.8 Å². The fourth-order valence-electron chi connectivity index (χ4n) is 2.88. The molecule has 21 heavy (non-hydrogen) atoms. The molecule has 1 aromatic heterocycles. The number of aromatic nitrogens is 1. The normalized spacial score (nSPS) is 20.9. The molecule has 1 aromatic carbocycles. The maximum absolute atomic E-state index is 5.09. The van der Waals surface area contributed by atoms with Crippen LogP contribution >= 0.6 is 0 Å². The highest BCUT2D eigenvalue weighted by atomic mass is 14.9. The van der Waals surface area contributed by atoms with Crippen molar-refractivity contribution in [3.8, 4) is 0 Å². The maximum Gasteiger partial charge on any atom is 0.0744 e. The van der Waals surface area contributed by atoms with Crippen molar-refractivity contribution < 1.29 is 0 Å². The smallest absolute Gasteiger partial charge is 0.0744 e. The SMILES string of the molecule is CCC1(C)Cc2ccccc2C(c2cnc(C)c(C)c2)=N1. The van der Waals surface area contributed by atoms with Gasteiger partial charge in [-0.2, -0.15) is 0 Å². The van der Waals surface area contributed by atoms with Crippen LogP contribution in [-0.2, 0) is 6.42 Å². The zero-order valence-electron chi connectivity index (χ0n) is 13.3. The predicted molar refractivity (Wildman–Crippen MR) is 88.2 cm³/mol. The third kappa shape index (κ3) is 2.51. The first-order chi connectivity index (χ1) is 10.0. The second kappa shape index (κ2) is 5.10. The van der Waals surface area contributed by atoms with Gasteiger partial charge in [0.05, 0.1) is 11.3 Å². The van der Waals surface area contributed by atoms with Crippen LogP contribution in [0.5, 0.6) is 0 Å². The minimum Gasteiger partial charge on any atom is -0.277 e. The van der Waals surface area contributed by atoms with Crippen LogP contribution in [0, 0.1) is 13.8 Å². The van der Waals surface area contributed by atoms with Crippen molar-refractivity contribution in [1.29, 1.82) is 0 Å². The van der Waals surface area contributed by atoms with Crippen molar-refractivity contribution in [1.82, 2.24) is 4.98 Å². The van der Waals surface area contributed by atoms with Crippen molar-refractivity contribution in [2.45, 2.75) is 46.1 Å². The van der Waals surface area contributed by atoms with Gasteiger partial charge in [0.1, 0.15) is 0 Å². The number of fused-ring (bicyclic) bond motifs is 1. The van der Waals surface area contributed by atoms with E-state index in [1.807, 2.05) is 13.1 Å². The molecule has 1 aliphatic rings. The molecule has 0 radical (unpaired) electrons. The van der Waals surface area contributed by atoms with Crippen LogP contribution in [0.15, 0.2) is 41.5 Å². The molecule has 1 aliphatic heterocycles. The molecule has 0 saturated carbocycles. The minimum absolute atomic E-state index is 0.0114. The Balaban J connectivity index is 2.19. The van der Waals surface area contributed by atoms with E-state index in [0.717, 1.165) is 29.8 Å². The molecule has 2 aromatic rings. The summed E-state index contributed by atoms with van der Waals surface area (Å²) in [6.45, 7) is 8.62. The number of hydrogen-bond donors (Lipinski definition) is 0. The summed E-state index contributed by atoms with van der Waals surface area (Å²) < 4.78 is 0. The number of nitrogens with zero attached hydrogens (tertiary/aromatic N) is 2. The topological polar surface area (TPSA) is 25.2 Å². The molecule has 0 fully saturated rings. The van der Waals surface area contributed by atoms with Crippen molar-refractivity contribution in [2.75, 3.05) is 0 Å². The quantitative estimate of drug-likeness (QED) is 0.805. The lowest BCUT2D eigenvalue weighted by Crippen LogP contribution is -2.32. The summed E-state index contributed by atoms with van der Waals surface area (Å²) in [5.74, 6) is 0. The van der Waals surface area contributed by atoms with Crippen LogP contribution in [0.4, 0.5) is 0 Å². The summed E-state index contributed by atoms with van der Waals surface area (Å²) in [6.07, 6.45) is 4.02. The lowest BCUT2D eigenvalue weighted by Gasteiger charge is -2.31. The van der Waals surface area contributed by atoms with E-state index < -0.39 is 0 Å². The molecule has 2 heteroatoms. The van der Waals surface area contributed by atoms with Gasteiger partial charge in [-0.1, -0.05) is 31.2 Å². The summed E-state index contributed by atoms with van der Waals surface area (Å²) in [5.41, 5.74) is 7.17. The number of pyridine rings is 1. The lowest BCUT2D eigenvalue weighted by atomic mass is 9.82. The average molecular weight is 278 g/mol. The molecule has 0 saturated heterocycles. The largest absolute Gasteiger partial charge is 0.277 e. The first-order valence-corrected chi connectivity index (χ1v) is 7.64. The van der Waals surface area contributed by atoms with E-state index in [1.54, 1.807) is 0 Å². The Kier molecular flexibility index (Phi) is 3.40. The Hall–Kier alpha value is -1.96. The Labute approximate surface area is 127 Å². The maximum atomic E-state index is 5.09. The van der Waals surface area contributed by atoms with Crippen molar-refractivity contribution in [3.05, 3.63) is 64.5 Å². The molecule has 3 rings (SSSR count). The Morgan fingerprint density at radius 1 is 1.19 bits per heavy atom. The van der Waals surface area contributed by atoms with Crippen LogP contribution in [0.3, 0.4) is 0 Å². The summed E-state index contributed by atoms with van der Waals surface area (Å²) in [7, 11) is 0. The molecule has 0 spiro atoms. The zero-order valence-corrected chi connectivity index (χ0v) is 13.3. The van der Waals surface area contributed by atoms with E-state index in [1.165, 1.54) is 16.7 Å². The summed E-state index contributed by atoms with van der Waals surface area (Å²) in [6, 6.07) is 10.8. The molecule has 0 bridgehead atoms. The van der Waals surface area contributed by atoms with E-state index >= 15 is 0 Å². The van der Waals surface area contributed by atoms with Crippen molar-refractivity contribution >= 4 is 5.71 Å². The molecule has 2 nitrogen and oxygen atoms in total. The average Bonchev–Trinajstić information content (AvgIpc) is 2.49. The highest BCUT2D eigenvalue weighted by Crippen LogP contribution is 2.31. The second-order valence-corrected chi connectivity index (χ2v) is 6.27. The molecular weight excluding hydrogens is 256 g/mol. The molecule has 0 N–H and O–H groups in total. The van der Waals surface area contributed by atoms with Gasteiger partial charge in [-0.3, -0.25) is 9.98 Å². The Morgan fingerprint density at radius 3 is 2.67 bits per heavy atom. The first-order valence-electron chi connectivity index (χ1n) is 7.64. The van der Waals surface area contributed by atoms with Crippen molar-refractivity contribution in [2.24, 2.45) is 4.99 Å². The number of aliphatic imine (C=N–C) groups is 1. The molecule has 1 atom stereocenters. The number of rotatable bonds is 2. The van der Waals surface area contributed by atoms with Gasteiger partial charge in [0.2, 0.25) is 0 Å². The number of benzene rings is 1. The van der Waals surface area contributed by atoms with Gasteiger partial charge >= 0.3 is 0 Å². The summed E-state index contributed by atoms with van der Waals surface area (Å²) in [4.78, 5) is 9.61. The van der Waals surface area contributed by atoms with Gasteiger partial charge in [0.25, 0.3) is 0 Å². The fraction of sp³-hybridized carbons (Fsp3) is 0.368. The predicted octanol–water partition coefficient (Wildman–Crippen LogP) is 4.26. The van der Waals surface area contributed by atoms with Gasteiger partial charge in [-0.25, -0.2) is 0 Å². The molecule has 2 heterocycles. The van der Waals surface area contributed by atoms with E-state index in [-0.39, 0.29) is 5.54 Å². The van der Waals surface area contributed by atoms with E-state index in [9.17, 15) is 0 Å².